The van der Waals surface area contributed by atoms with Crippen LogP contribution >= 0.6 is 0 Å². The molecule has 0 aromatic carbocycles. The fourth-order valence-corrected chi connectivity index (χ4v) is 7.28. The Labute approximate surface area is 161 Å². The summed E-state index contributed by atoms with van der Waals surface area (Å²) < 4.78 is 5.77. The summed E-state index contributed by atoms with van der Waals surface area (Å²) in [6.07, 6.45) is -0.715. The Morgan fingerprint density at radius 3 is 2.33 bits per heavy atom. The van der Waals surface area contributed by atoms with Gasteiger partial charge in [0.25, 0.3) is 0 Å². The maximum Gasteiger partial charge on any atom is 0.145 e. The van der Waals surface area contributed by atoms with Crippen LogP contribution in [0.3, 0.4) is 0 Å². The lowest BCUT2D eigenvalue weighted by Gasteiger charge is -2.68. The van der Waals surface area contributed by atoms with Crippen LogP contribution in [0.1, 0.15) is 60.8 Å². The lowest BCUT2D eigenvalue weighted by atomic mass is 9.41. The maximum atomic E-state index is 13.6. The van der Waals surface area contributed by atoms with Gasteiger partial charge in [-0.2, -0.15) is 0 Å². The molecule has 3 fully saturated rings. The lowest BCUT2D eigenvalue weighted by Crippen LogP contribution is -2.73. The van der Waals surface area contributed by atoms with Crippen molar-refractivity contribution in [2.45, 2.75) is 84.7 Å². The number of hydrogen-bond donors (Lipinski definition) is 3. The van der Waals surface area contributed by atoms with E-state index >= 15 is 0 Å². The van der Waals surface area contributed by atoms with Crippen LogP contribution in [0, 0.1) is 28.1 Å². The predicted octanol–water partition coefficient (Wildman–Crippen LogP) is 2.23. The van der Waals surface area contributed by atoms with E-state index in [0.717, 1.165) is 11.1 Å². The van der Waals surface area contributed by atoms with Gasteiger partial charge in [0.05, 0.1) is 35.9 Å². The van der Waals surface area contributed by atoms with Crippen molar-refractivity contribution in [3.05, 3.63) is 11.1 Å². The summed E-state index contributed by atoms with van der Waals surface area (Å²) in [6.45, 7) is 12.5. The van der Waals surface area contributed by atoms with Crippen LogP contribution < -0.4 is 0 Å². The Balaban J connectivity index is 1.97. The molecule has 2 bridgehead atoms. The lowest BCUT2D eigenvalue weighted by molar-refractivity contribution is -0.300. The van der Waals surface area contributed by atoms with Crippen molar-refractivity contribution in [3.8, 4) is 0 Å². The van der Waals surface area contributed by atoms with Crippen molar-refractivity contribution >= 4 is 5.78 Å². The normalized spacial score (nSPS) is 54.4. The zero-order valence-corrected chi connectivity index (χ0v) is 17.4. The molecule has 0 aromatic heterocycles. The first-order valence-electron chi connectivity index (χ1n) is 10.3. The molecule has 152 valence electrons. The molecular formula is C22H34O5. The monoisotopic (exact) mass is 378 g/mol. The number of Topliss-reactive ketones (excluding diaryl/α,β-unsaturated/α-hetero) is 1. The van der Waals surface area contributed by atoms with Gasteiger partial charge in [-0.05, 0) is 31.3 Å². The largest absolute Gasteiger partial charge is 0.392 e. The van der Waals surface area contributed by atoms with E-state index in [2.05, 4.69) is 6.92 Å². The minimum absolute atomic E-state index is 0.0250. The van der Waals surface area contributed by atoms with E-state index in [1.165, 1.54) is 0 Å². The molecule has 0 radical (unpaired) electrons. The van der Waals surface area contributed by atoms with Gasteiger partial charge < -0.3 is 20.1 Å². The number of hydrogen-bond acceptors (Lipinski definition) is 5. The van der Waals surface area contributed by atoms with Gasteiger partial charge in [0.15, 0.2) is 0 Å². The van der Waals surface area contributed by atoms with Crippen LogP contribution in [0.25, 0.3) is 0 Å². The molecule has 4 aliphatic rings. The van der Waals surface area contributed by atoms with E-state index in [4.69, 9.17) is 4.74 Å². The smallest absolute Gasteiger partial charge is 0.145 e. The highest BCUT2D eigenvalue weighted by Crippen LogP contribution is 2.66. The second-order valence-corrected chi connectivity index (χ2v) is 10.6. The van der Waals surface area contributed by atoms with Crippen LogP contribution in [-0.2, 0) is 9.53 Å². The van der Waals surface area contributed by atoms with E-state index < -0.39 is 28.6 Å². The summed E-state index contributed by atoms with van der Waals surface area (Å²) in [5.74, 6) is -0.459. The molecule has 1 aliphatic heterocycles. The summed E-state index contributed by atoms with van der Waals surface area (Å²) in [5.41, 5.74) is -1.32. The molecule has 27 heavy (non-hydrogen) atoms. The predicted molar refractivity (Wildman–Crippen MR) is 101 cm³/mol. The first kappa shape index (κ1) is 19.6. The van der Waals surface area contributed by atoms with Gasteiger partial charge in [0.1, 0.15) is 5.78 Å². The van der Waals surface area contributed by atoms with Gasteiger partial charge in [-0.3, -0.25) is 4.79 Å². The average Bonchev–Trinajstić information content (AvgIpc) is 2.58. The van der Waals surface area contributed by atoms with Gasteiger partial charge in [0.2, 0.25) is 0 Å². The molecule has 3 aliphatic carbocycles. The van der Waals surface area contributed by atoms with Crippen LogP contribution in [-0.4, -0.2) is 51.6 Å². The molecule has 0 unspecified atom stereocenters. The number of fused-ring (bicyclic) bond motifs is 5. The third-order valence-corrected chi connectivity index (χ3v) is 9.33. The minimum Gasteiger partial charge on any atom is -0.392 e. The molecule has 5 nitrogen and oxygen atoms in total. The summed E-state index contributed by atoms with van der Waals surface area (Å²) in [7, 11) is 0. The topological polar surface area (TPSA) is 87.0 Å². The Morgan fingerprint density at radius 1 is 1.15 bits per heavy atom. The number of carbonyl (C=O) groups excluding carboxylic acids is 1. The Hall–Kier alpha value is -0.750. The van der Waals surface area contributed by atoms with Crippen molar-refractivity contribution in [3.63, 3.8) is 0 Å². The van der Waals surface area contributed by atoms with Gasteiger partial charge in [-0.15, -0.1) is 0 Å². The van der Waals surface area contributed by atoms with Crippen LogP contribution in [0.2, 0.25) is 0 Å². The Kier molecular flexibility index (Phi) is 3.94. The summed E-state index contributed by atoms with van der Waals surface area (Å²) in [5, 5.41) is 33.8. The zero-order valence-electron chi connectivity index (χ0n) is 17.4. The highest BCUT2D eigenvalue weighted by Gasteiger charge is 2.71. The van der Waals surface area contributed by atoms with E-state index in [1.54, 1.807) is 0 Å². The summed E-state index contributed by atoms with van der Waals surface area (Å²) in [4.78, 5) is 13.6. The third-order valence-electron chi connectivity index (χ3n) is 9.33. The number of rotatable bonds is 0. The first-order valence-corrected chi connectivity index (χ1v) is 10.3. The zero-order chi connectivity index (χ0) is 20.2. The van der Waals surface area contributed by atoms with E-state index in [0.29, 0.717) is 13.0 Å². The molecule has 5 heteroatoms. The second kappa shape index (κ2) is 5.44. The number of aliphatic hydroxyl groups is 3. The number of carbonyl (C=O) groups is 1. The van der Waals surface area contributed by atoms with Crippen LogP contribution in [0.4, 0.5) is 0 Å². The molecule has 4 rings (SSSR count). The van der Waals surface area contributed by atoms with E-state index in [-0.39, 0.29) is 42.0 Å². The second-order valence-electron chi connectivity index (χ2n) is 10.6. The maximum absolute atomic E-state index is 13.6. The van der Waals surface area contributed by atoms with Gasteiger partial charge in [-0.1, -0.05) is 33.3 Å². The molecular weight excluding hydrogens is 344 g/mol. The summed E-state index contributed by atoms with van der Waals surface area (Å²) >= 11 is 0. The molecule has 0 aromatic rings. The van der Waals surface area contributed by atoms with Gasteiger partial charge >= 0.3 is 0 Å². The van der Waals surface area contributed by atoms with Crippen LogP contribution in [0.5, 0.6) is 0 Å². The fraction of sp³-hybridized carbons (Fsp3) is 0.864. The molecule has 1 heterocycles. The molecule has 8 atom stereocenters. The van der Waals surface area contributed by atoms with Crippen molar-refractivity contribution in [2.75, 3.05) is 6.61 Å². The molecule has 3 N–H and O–H groups in total. The highest BCUT2D eigenvalue weighted by atomic mass is 16.5. The van der Waals surface area contributed by atoms with Crippen molar-refractivity contribution in [1.29, 1.82) is 0 Å². The minimum atomic E-state index is -1.16. The Morgan fingerprint density at radius 2 is 1.78 bits per heavy atom. The quantitative estimate of drug-likeness (QED) is 0.563. The van der Waals surface area contributed by atoms with Crippen molar-refractivity contribution in [1.82, 2.24) is 0 Å². The fourth-order valence-electron chi connectivity index (χ4n) is 7.28. The number of aliphatic hydroxyl groups excluding tert-OH is 2. The van der Waals surface area contributed by atoms with E-state index in [1.807, 2.05) is 34.6 Å². The standard InChI is InChI=1S/C22H34O5/c1-11-13-7-15(24)21(6)16(25)8-17-20(5,10-27-17)18(21)12(2)22(26,9-14(11)23)19(13,3)4/h12,14,16-18,23,25-26H,7-10H2,1-6H3/t12-,14-,16-,17+,18+,20+,21+,22+/m0/s1. The van der Waals surface area contributed by atoms with Gasteiger partial charge in [-0.25, -0.2) is 0 Å². The Bertz CT molecular complexity index is 726. The number of ether oxygens (including phenoxy) is 1. The average molecular weight is 379 g/mol. The third kappa shape index (κ3) is 2.07. The number of ketones is 1. The summed E-state index contributed by atoms with van der Waals surface area (Å²) in [6, 6.07) is 0. The molecule has 0 spiro atoms. The molecule has 0 amide bonds. The van der Waals surface area contributed by atoms with Gasteiger partial charge in [0, 0.05) is 30.1 Å². The first-order chi connectivity index (χ1) is 12.3. The van der Waals surface area contributed by atoms with Crippen LogP contribution in [0.15, 0.2) is 11.1 Å². The highest BCUT2D eigenvalue weighted by molar-refractivity contribution is 5.88. The van der Waals surface area contributed by atoms with E-state index in [9.17, 15) is 20.1 Å². The van der Waals surface area contributed by atoms with Crippen molar-refractivity contribution < 1.29 is 24.9 Å². The SMILES string of the molecule is CC1=C2CC(=O)[C@@]3(C)[C@H]([C@H](C)[C@](O)(C[C@@H]1O)C2(C)C)[C@]1(C)CO[C@@H]1C[C@@H]3O. The van der Waals surface area contributed by atoms with Crippen molar-refractivity contribution in [2.24, 2.45) is 28.1 Å². The molecule has 1 saturated heterocycles. The molecule has 2 saturated carbocycles.